The van der Waals surface area contributed by atoms with Gasteiger partial charge in [-0.25, -0.2) is 4.79 Å². The first kappa shape index (κ1) is 24.1. The molecule has 2 aromatic rings. The van der Waals surface area contributed by atoms with E-state index >= 15 is 0 Å². The maximum Gasteiger partial charge on any atom is 0.340 e. The summed E-state index contributed by atoms with van der Waals surface area (Å²) in [4.78, 5) is 27.9. The Morgan fingerprint density at radius 1 is 1.15 bits per heavy atom. The van der Waals surface area contributed by atoms with Gasteiger partial charge in [0.1, 0.15) is 0 Å². The van der Waals surface area contributed by atoms with Crippen LogP contribution < -0.4 is 0 Å². The average molecular weight is 479 g/mol. The van der Waals surface area contributed by atoms with Gasteiger partial charge < -0.3 is 14.2 Å². The largest absolute Gasteiger partial charge is 0.465 e. The third-order valence-corrected chi connectivity index (χ3v) is 7.05. The van der Waals surface area contributed by atoms with Crippen molar-refractivity contribution >= 4 is 29.6 Å². The van der Waals surface area contributed by atoms with Gasteiger partial charge in [0.25, 0.3) is 5.91 Å². The maximum absolute atomic E-state index is 13.5. The van der Waals surface area contributed by atoms with Crippen molar-refractivity contribution in [2.45, 2.75) is 52.9 Å². The number of methoxy groups -OCH3 is 1. The Kier molecular flexibility index (Phi) is 7.13. The highest BCUT2D eigenvalue weighted by molar-refractivity contribution is 6.30. The number of amides is 1. The summed E-state index contributed by atoms with van der Waals surface area (Å²) in [5.41, 5.74) is 6.68. The Hall–Kier alpha value is -3.05. The number of carbonyl (C=O) groups is 2. The summed E-state index contributed by atoms with van der Waals surface area (Å²) in [7, 11) is 1.35. The van der Waals surface area contributed by atoms with E-state index in [9.17, 15) is 9.59 Å². The van der Waals surface area contributed by atoms with Crippen molar-refractivity contribution in [1.29, 1.82) is 0 Å². The number of esters is 1. The molecule has 6 heteroatoms. The highest BCUT2D eigenvalue weighted by atomic mass is 35.5. The Morgan fingerprint density at radius 2 is 1.88 bits per heavy atom. The lowest BCUT2D eigenvalue weighted by Crippen LogP contribution is -2.26. The fourth-order valence-electron chi connectivity index (χ4n) is 4.96. The van der Waals surface area contributed by atoms with Crippen LogP contribution in [0.5, 0.6) is 0 Å². The lowest BCUT2D eigenvalue weighted by Gasteiger charge is -2.20. The number of aromatic nitrogens is 1. The number of hydrogen-bond acceptors (Lipinski definition) is 3. The molecular formula is C28H31ClN2O3. The predicted molar refractivity (Wildman–Crippen MR) is 136 cm³/mol. The average Bonchev–Trinajstić information content (AvgIpc) is 3.24. The Morgan fingerprint density at radius 3 is 2.53 bits per heavy atom. The molecular weight excluding hydrogens is 448 g/mol. The highest BCUT2D eigenvalue weighted by Crippen LogP contribution is 2.34. The first-order valence-corrected chi connectivity index (χ1v) is 12.2. The zero-order valence-electron chi connectivity index (χ0n) is 20.3. The van der Waals surface area contributed by atoms with Gasteiger partial charge in [0.05, 0.1) is 18.3 Å². The van der Waals surface area contributed by atoms with Gasteiger partial charge in [0.15, 0.2) is 0 Å². The Bertz CT molecular complexity index is 1220. The number of allylic oxidation sites excluding steroid dienone is 2. The molecule has 0 saturated heterocycles. The van der Waals surface area contributed by atoms with Crippen LogP contribution >= 0.6 is 11.6 Å². The van der Waals surface area contributed by atoms with E-state index < -0.39 is 5.97 Å². The molecule has 0 atom stereocenters. The summed E-state index contributed by atoms with van der Waals surface area (Å²) in [5, 5.41) is 0.678. The first-order valence-electron chi connectivity index (χ1n) is 11.8. The smallest absolute Gasteiger partial charge is 0.340 e. The van der Waals surface area contributed by atoms with Crippen molar-refractivity contribution in [3.05, 3.63) is 80.8 Å². The molecule has 4 rings (SSSR count). The van der Waals surface area contributed by atoms with Crippen LogP contribution in [0.25, 0.3) is 11.8 Å². The summed E-state index contributed by atoms with van der Waals surface area (Å²) < 4.78 is 7.17. The molecule has 0 bridgehead atoms. The Labute approximate surface area is 206 Å². The predicted octanol–water partition coefficient (Wildman–Crippen LogP) is 6.31. The van der Waals surface area contributed by atoms with Crippen LogP contribution in [0.1, 0.15) is 56.0 Å². The number of rotatable bonds is 6. The minimum absolute atomic E-state index is 0.148. The summed E-state index contributed by atoms with van der Waals surface area (Å²) in [6, 6.07) is 9.67. The van der Waals surface area contributed by atoms with Crippen molar-refractivity contribution in [3.8, 4) is 5.69 Å². The topological polar surface area (TPSA) is 51.5 Å². The molecule has 1 amide bonds. The van der Waals surface area contributed by atoms with Crippen molar-refractivity contribution in [2.24, 2.45) is 0 Å². The van der Waals surface area contributed by atoms with Gasteiger partial charge in [-0.1, -0.05) is 23.3 Å². The van der Waals surface area contributed by atoms with Crippen LogP contribution in [-0.2, 0) is 14.3 Å². The van der Waals surface area contributed by atoms with Crippen LogP contribution in [0, 0.1) is 13.8 Å². The molecule has 2 heterocycles. The van der Waals surface area contributed by atoms with E-state index in [0.29, 0.717) is 28.4 Å². The van der Waals surface area contributed by atoms with E-state index in [0.717, 1.165) is 41.9 Å². The monoisotopic (exact) mass is 478 g/mol. The second-order valence-corrected chi connectivity index (χ2v) is 9.40. The van der Waals surface area contributed by atoms with Crippen LogP contribution in [0.15, 0.2) is 58.8 Å². The summed E-state index contributed by atoms with van der Waals surface area (Å²) in [6.45, 7) is 6.43. The summed E-state index contributed by atoms with van der Waals surface area (Å²) in [5.74, 6) is -0.631. The molecule has 5 nitrogen and oxygen atoms in total. The van der Waals surface area contributed by atoms with Crippen molar-refractivity contribution in [1.82, 2.24) is 9.47 Å². The second kappa shape index (κ2) is 10.1. The third kappa shape index (κ3) is 4.62. The van der Waals surface area contributed by atoms with Gasteiger partial charge in [0.2, 0.25) is 0 Å². The number of aryl methyl sites for hydroxylation is 1. The van der Waals surface area contributed by atoms with Gasteiger partial charge in [-0.3, -0.25) is 4.79 Å². The number of carbonyl (C=O) groups excluding carboxylic acids is 2. The van der Waals surface area contributed by atoms with E-state index in [1.54, 1.807) is 4.90 Å². The molecule has 0 radical (unpaired) electrons. The van der Waals surface area contributed by atoms with Crippen LogP contribution in [0.3, 0.4) is 0 Å². The maximum atomic E-state index is 13.5. The van der Waals surface area contributed by atoms with E-state index in [2.05, 4.69) is 10.6 Å². The zero-order chi connectivity index (χ0) is 24.4. The summed E-state index contributed by atoms with van der Waals surface area (Å²) in [6.07, 6.45) is 9.60. The fraction of sp³-hybridized carbons (Fsp3) is 0.357. The van der Waals surface area contributed by atoms with E-state index in [4.69, 9.17) is 16.3 Å². The minimum atomic E-state index is -0.483. The van der Waals surface area contributed by atoms with Gasteiger partial charge in [-0.15, -0.1) is 0 Å². The second-order valence-electron chi connectivity index (χ2n) is 8.96. The van der Waals surface area contributed by atoms with Crippen LogP contribution in [0.4, 0.5) is 0 Å². The zero-order valence-corrected chi connectivity index (χ0v) is 21.0. The normalized spacial score (nSPS) is 17.6. The fourth-order valence-corrected chi connectivity index (χ4v) is 5.09. The highest BCUT2D eigenvalue weighted by Gasteiger charge is 2.37. The molecule has 2 aliphatic rings. The number of hydrogen-bond donors (Lipinski definition) is 0. The van der Waals surface area contributed by atoms with E-state index in [1.165, 1.54) is 25.5 Å². The Balaban J connectivity index is 1.69. The number of benzene rings is 1. The van der Waals surface area contributed by atoms with Gasteiger partial charge in [-0.05, 0) is 94.8 Å². The number of nitrogens with zero attached hydrogens (tertiary/aromatic N) is 2. The molecule has 0 fully saturated rings. The lowest BCUT2D eigenvalue weighted by atomic mass is 9.97. The van der Waals surface area contributed by atoms with Crippen LogP contribution in [-0.4, -0.2) is 35.0 Å². The molecule has 0 spiro atoms. The molecule has 1 aliphatic heterocycles. The minimum Gasteiger partial charge on any atom is -0.465 e. The number of ether oxygens (including phenoxy) is 1. The van der Waals surface area contributed by atoms with Gasteiger partial charge in [-0.2, -0.15) is 0 Å². The van der Waals surface area contributed by atoms with Crippen molar-refractivity contribution in [3.63, 3.8) is 0 Å². The van der Waals surface area contributed by atoms with E-state index in [-0.39, 0.29) is 5.91 Å². The lowest BCUT2D eigenvalue weighted by molar-refractivity contribution is -0.136. The standard InChI is InChI=1S/C28H31ClN2O3/c1-18-16-22(19(2)31(18)24-12-10-23(29)11-13-24)17-25-26(28(33)34-4)20(3)30(27(25)32)15-14-21-8-6-5-7-9-21/h8,10-13,16-17H,5-7,9,14-15H2,1-4H3. The summed E-state index contributed by atoms with van der Waals surface area (Å²) >= 11 is 6.06. The quantitative estimate of drug-likeness (QED) is 0.277. The molecule has 0 unspecified atom stereocenters. The van der Waals surface area contributed by atoms with Gasteiger partial charge >= 0.3 is 5.97 Å². The van der Waals surface area contributed by atoms with E-state index in [1.807, 2.05) is 57.2 Å². The third-order valence-electron chi connectivity index (χ3n) is 6.80. The van der Waals surface area contributed by atoms with Crippen LogP contribution in [0.2, 0.25) is 5.02 Å². The molecule has 178 valence electrons. The number of halogens is 1. The molecule has 0 N–H and O–H groups in total. The first-order chi connectivity index (χ1) is 16.3. The molecule has 1 aromatic carbocycles. The SMILES string of the molecule is COC(=O)C1=C(C)N(CCC2=CCCCC2)C(=O)C1=Cc1cc(C)n(-c2ccc(Cl)cc2)c1C. The van der Waals surface area contributed by atoms with Crippen molar-refractivity contribution in [2.75, 3.05) is 13.7 Å². The molecule has 1 aromatic heterocycles. The molecule has 0 saturated carbocycles. The van der Waals surface area contributed by atoms with Crippen molar-refractivity contribution < 1.29 is 14.3 Å². The molecule has 34 heavy (non-hydrogen) atoms. The molecule has 1 aliphatic carbocycles. The van der Waals surface area contributed by atoms with Gasteiger partial charge in [0, 0.05) is 34.3 Å².